The van der Waals surface area contributed by atoms with Crippen molar-refractivity contribution in [1.82, 2.24) is 10.2 Å². The summed E-state index contributed by atoms with van der Waals surface area (Å²) in [5.41, 5.74) is 1.53. The number of nitrogens with one attached hydrogen (secondary N) is 1. The molecular formula is C11H7ClF2N2S2. The Morgan fingerprint density at radius 2 is 1.94 bits per heavy atom. The fourth-order valence-electron chi connectivity index (χ4n) is 1.41. The van der Waals surface area contributed by atoms with Crippen LogP contribution in [0.25, 0.3) is 11.1 Å². The van der Waals surface area contributed by atoms with Crippen LogP contribution in [-0.4, -0.2) is 16.0 Å². The Bertz CT molecular complexity index is 599. The van der Waals surface area contributed by atoms with Crippen LogP contribution in [0.15, 0.2) is 35.2 Å². The molecule has 1 heterocycles. The van der Waals surface area contributed by atoms with Crippen molar-refractivity contribution < 1.29 is 8.78 Å². The van der Waals surface area contributed by atoms with Gasteiger partial charge in [0, 0.05) is 10.5 Å². The topological polar surface area (TPSA) is 28.7 Å². The Kier molecular flexibility index (Phi) is 4.31. The van der Waals surface area contributed by atoms with Crippen LogP contribution in [0, 0.1) is 4.64 Å². The SMILES string of the molecule is FC(F)Sc1ccc(-c2cc(Cl)n[nH]c2=S)cc1. The lowest BCUT2D eigenvalue weighted by Gasteiger charge is -2.04. The number of aromatic nitrogens is 2. The molecule has 18 heavy (non-hydrogen) atoms. The summed E-state index contributed by atoms with van der Waals surface area (Å²) in [5.74, 6) is -2.42. The molecule has 1 aromatic heterocycles. The van der Waals surface area contributed by atoms with Crippen LogP contribution in [0.5, 0.6) is 0 Å². The molecule has 0 saturated heterocycles. The number of hydrogen-bond donors (Lipinski definition) is 1. The third kappa shape index (κ3) is 3.28. The Labute approximate surface area is 116 Å². The van der Waals surface area contributed by atoms with Crippen molar-refractivity contribution in [1.29, 1.82) is 0 Å². The highest BCUT2D eigenvalue weighted by atomic mass is 35.5. The van der Waals surface area contributed by atoms with E-state index in [2.05, 4.69) is 10.2 Å². The van der Waals surface area contributed by atoms with Gasteiger partial charge in [0.2, 0.25) is 0 Å². The highest BCUT2D eigenvalue weighted by molar-refractivity contribution is 7.99. The van der Waals surface area contributed by atoms with Gasteiger partial charge in [0.15, 0.2) is 0 Å². The zero-order chi connectivity index (χ0) is 13.1. The van der Waals surface area contributed by atoms with E-state index in [1.165, 1.54) is 0 Å². The van der Waals surface area contributed by atoms with Gasteiger partial charge in [0.1, 0.15) is 9.79 Å². The average molecular weight is 305 g/mol. The number of alkyl halides is 2. The van der Waals surface area contributed by atoms with Gasteiger partial charge < -0.3 is 0 Å². The standard InChI is InChI=1S/C11H7ClF2N2S2/c12-9-5-8(10(17)16-15-9)6-1-3-7(4-2-6)18-11(13)14/h1-5,11H,(H,16,17). The minimum absolute atomic E-state index is 0.296. The van der Waals surface area contributed by atoms with Crippen molar-refractivity contribution in [2.24, 2.45) is 0 Å². The van der Waals surface area contributed by atoms with E-state index in [1.807, 2.05) is 0 Å². The predicted octanol–water partition coefficient (Wildman–Crippen LogP) is 4.77. The lowest BCUT2D eigenvalue weighted by molar-refractivity contribution is 0.252. The number of benzene rings is 1. The fourth-order valence-corrected chi connectivity index (χ4v) is 2.28. The summed E-state index contributed by atoms with van der Waals surface area (Å²) in [6.45, 7) is 0. The zero-order valence-electron chi connectivity index (χ0n) is 8.86. The first-order chi connectivity index (χ1) is 8.56. The second kappa shape index (κ2) is 5.77. The summed E-state index contributed by atoms with van der Waals surface area (Å²) in [6, 6.07) is 8.32. The summed E-state index contributed by atoms with van der Waals surface area (Å²) in [6.07, 6.45) is 0. The quantitative estimate of drug-likeness (QED) is 0.654. The molecule has 1 aromatic carbocycles. The van der Waals surface area contributed by atoms with Crippen molar-refractivity contribution in [3.05, 3.63) is 40.1 Å². The Morgan fingerprint density at radius 1 is 1.28 bits per heavy atom. The minimum Gasteiger partial charge on any atom is -0.266 e. The van der Waals surface area contributed by atoms with E-state index < -0.39 is 5.76 Å². The number of hydrogen-bond acceptors (Lipinski definition) is 3. The number of nitrogens with zero attached hydrogens (tertiary/aromatic N) is 1. The van der Waals surface area contributed by atoms with Gasteiger partial charge in [-0.2, -0.15) is 13.9 Å². The molecule has 0 bridgehead atoms. The van der Waals surface area contributed by atoms with Gasteiger partial charge in [0.25, 0.3) is 5.76 Å². The van der Waals surface area contributed by atoms with E-state index >= 15 is 0 Å². The van der Waals surface area contributed by atoms with Gasteiger partial charge in [-0.1, -0.05) is 47.7 Å². The maximum Gasteiger partial charge on any atom is 0.288 e. The van der Waals surface area contributed by atoms with Crippen LogP contribution in [0.1, 0.15) is 0 Å². The van der Waals surface area contributed by atoms with Crippen LogP contribution in [0.3, 0.4) is 0 Å². The third-order valence-electron chi connectivity index (χ3n) is 2.16. The highest BCUT2D eigenvalue weighted by Crippen LogP contribution is 2.28. The Balaban J connectivity index is 2.34. The maximum atomic E-state index is 12.2. The van der Waals surface area contributed by atoms with Crippen molar-refractivity contribution in [3.8, 4) is 11.1 Å². The first-order valence-corrected chi connectivity index (χ1v) is 6.53. The van der Waals surface area contributed by atoms with Crippen LogP contribution in [0.4, 0.5) is 8.78 Å². The molecule has 0 fully saturated rings. The summed E-state index contributed by atoms with van der Waals surface area (Å²) in [7, 11) is 0. The number of H-pyrrole nitrogens is 1. The monoisotopic (exact) mass is 304 g/mol. The molecule has 0 saturated carbocycles. The maximum absolute atomic E-state index is 12.2. The lowest BCUT2D eigenvalue weighted by atomic mass is 10.1. The van der Waals surface area contributed by atoms with E-state index in [1.54, 1.807) is 30.3 Å². The molecule has 2 rings (SSSR count). The van der Waals surface area contributed by atoms with Gasteiger partial charge in [-0.25, -0.2) is 0 Å². The Morgan fingerprint density at radius 3 is 2.56 bits per heavy atom. The molecule has 1 N–H and O–H groups in total. The van der Waals surface area contributed by atoms with E-state index in [4.69, 9.17) is 23.8 Å². The summed E-state index contributed by atoms with van der Waals surface area (Å²) < 4.78 is 24.8. The molecule has 94 valence electrons. The molecule has 0 atom stereocenters. The smallest absolute Gasteiger partial charge is 0.266 e. The summed E-state index contributed by atoms with van der Waals surface area (Å²) >= 11 is 11.4. The van der Waals surface area contributed by atoms with Gasteiger partial charge in [-0.15, -0.1) is 0 Å². The first kappa shape index (κ1) is 13.5. The van der Waals surface area contributed by atoms with Crippen LogP contribution >= 0.6 is 35.6 Å². The normalized spacial score (nSPS) is 10.9. The van der Waals surface area contributed by atoms with E-state index in [0.717, 1.165) is 11.1 Å². The molecule has 0 aliphatic carbocycles. The fraction of sp³-hybridized carbons (Fsp3) is 0.0909. The van der Waals surface area contributed by atoms with Crippen molar-refractivity contribution in [2.45, 2.75) is 10.7 Å². The van der Waals surface area contributed by atoms with Gasteiger partial charge >= 0.3 is 0 Å². The number of rotatable bonds is 3. The van der Waals surface area contributed by atoms with Gasteiger partial charge in [-0.3, -0.25) is 5.10 Å². The molecule has 0 spiro atoms. The molecule has 2 aromatic rings. The average Bonchev–Trinajstić information content (AvgIpc) is 2.33. The van der Waals surface area contributed by atoms with Crippen LogP contribution < -0.4 is 0 Å². The molecule has 7 heteroatoms. The summed E-state index contributed by atoms with van der Waals surface area (Å²) in [5, 5.41) is 6.67. The number of halogens is 3. The molecule has 0 unspecified atom stereocenters. The van der Waals surface area contributed by atoms with Crippen molar-refractivity contribution in [2.75, 3.05) is 0 Å². The number of aromatic amines is 1. The first-order valence-electron chi connectivity index (χ1n) is 4.87. The second-order valence-corrected chi connectivity index (χ2v) is 5.20. The summed E-state index contributed by atoms with van der Waals surface area (Å²) in [4.78, 5) is 0.504. The predicted molar refractivity (Wildman–Crippen MR) is 71.7 cm³/mol. The highest BCUT2D eigenvalue weighted by Gasteiger charge is 2.06. The largest absolute Gasteiger partial charge is 0.288 e. The minimum atomic E-state index is -2.42. The van der Waals surface area contributed by atoms with Gasteiger partial charge in [0.05, 0.1) is 0 Å². The molecule has 2 nitrogen and oxygen atoms in total. The third-order valence-corrected chi connectivity index (χ3v) is 3.39. The molecular weight excluding hydrogens is 298 g/mol. The molecule has 0 radical (unpaired) electrons. The van der Waals surface area contributed by atoms with Crippen molar-refractivity contribution in [3.63, 3.8) is 0 Å². The zero-order valence-corrected chi connectivity index (χ0v) is 11.3. The van der Waals surface area contributed by atoms with Crippen LogP contribution in [0.2, 0.25) is 5.15 Å². The van der Waals surface area contributed by atoms with E-state index in [-0.39, 0.29) is 0 Å². The molecule has 0 amide bonds. The lowest BCUT2D eigenvalue weighted by Crippen LogP contribution is -1.88. The molecule has 0 aliphatic rings. The second-order valence-electron chi connectivity index (χ2n) is 3.34. The number of thioether (sulfide) groups is 1. The van der Waals surface area contributed by atoms with Crippen molar-refractivity contribution >= 4 is 35.6 Å². The van der Waals surface area contributed by atoms with E-state index in [9.17, 15) is 8.78 Å². The van der Waals surface area contributed by atoms with E-state index in [0.29, 0.717) is 26.5 Å². The van der Waals surface area contributed by atoms with Crippen LogP contribution in [-0.2, 0) is 0 Å². The van der Waals surface area contributed by atoms with Gasteiger partial charge in [-0.05, 0) is 23.8 Å². The molecule has 0 aliphatic heterocycles. The Hall–Kier alpha value is -0.980.